The van der Waals surface area contributed by atoms with Crippen LogP contribution in [-0.2, 0) is 18.4 Å². The molecule has 6 nitrogen and oxygen atoms in total. The normalized spacial score (nSPS) is 12.3. The third-order valence-electron chi connectivity index (χ3n) is 4.65. The van der Waals surface area contributed by atoms with Crippen molar-refractivity contribution < 1.29 is 9.50 Å². The van der Waals surface area contributed by atoms with Crippen LogP contribution in [0.1, 0.15) is 22.6 Å². The van der Waals surface area contributed by atoms with Crippen molar-refractivity contribution in [3.63, 3.8) is 0 Å². The summed E-state index contributed by atoms with van der Waals surface area (Å²) in [4.78, 5) is 8.72. The average Bonchev–Trinajstić information content (AvgIpc) is 3.20. The minimum absolute atomic E-state index is 0. The molecule has 0 aliphatic rings. The number of aromatic nitrogens is 4. The van der Waals surface area contributed by atoms with Crippen molar-refractivity contribution in [2.75, 3.05) is 0 Å². The minimum Gasteiger partial charge on any atom is -0.384 e. The summed E-state index contributed by atoms with van der Waals surface area (Å²) in [6, 6.07) is 16.8. The van der Waals surface area contributed by atoms with Gasteiger partial charge in [0.2, 0.25) is 0 Å². The maximum absolute atomic E-state index is 13.4. The molecule has 2 aromatic carbocycles. The fourth-order valence-corrected chi connectivity index (χ4v) is 3.24. The molecule has 0 spiro atoms. The van der Waals surface area contributed by atoms with Crippen LogP contribution in [0.25, 0.3) is 10.9 Å². The summed E-state index contributed by atoms with van der Waals surface area (Å²) in [5.74, 6) is 0.0763. The number of nitrogens with one attached hydrogen (secondary N) is 1. The lowest BCUT2D eigenvalue weighted by Gasteiger charge is -2.27. The first-order valence-corrected chi connectivity index (χ1v) is 8.69. The van der Waals surface area contributed by atoms with Crippen LogP contribution in [0.5, 0.6) is 0 Å². The lowest BCUT2D eigenvalue weighted by molar-refractivity contribution is 0.0342. The second-order valence-electron chi connectivity index (χ2n) is 6.63. The smallest absolute Gasteiger partial charge is 0.153 e. The Hall–Kier alpha value is -3.05. The highest BCUT2D eigenvalue weighted by molar-refractivity contribution is 5.85. The second kappa shape index (κ2) is 9.63. The van der Waals surface area contributed by atoms with Crippen LogP contribution >= 0.6 is 24.8 Å². The molecule has 0 fully saturated rings. The SMILES string of the molecule is Cl.Cl.N#Cc1ccc2nc(CC(O)(Cc3nc[nH]n3)c3ccc(F)cc3)ccc2c1. The molecule has 4 aromatic rings. The molecule has 0 aliphatic heterocycles. The van der Waals surface area contributed by atoms with Crippen molar-refractivity contribution in [2.24, 2.45) is 0 Å². The van der Waals surface area contributed by atoms with Gasteiger partial charge in [-0.3, -0.25) is 10.1 Å². The van der Waals surface area contributed by atoms with Gasteiger partial charge in [-0.1, -0.05) is 18.2 Å². The molecule has 2 aromatic heterocycles. The zero-order chi connectivity index (χ0) is 19.6. The van der Waals surface area contributed by atoms with Crippen molar-refractivity contribution in [1.82, 2.24) is 20.2 Å². The molecule has 30 heavy (non-hydrogen) atoms. The molecule has 1 atom stereocenters. The van der Waals surface area contributed by atoms with E-state index in [0.717, 1.165) is 10.9 Å². The zero-order valence-electron chi connectivity index (χ0n) is 15.6. The number of hydrogen-bond donors (Lipinski definition) is 2. The number of fused-ring (bicyclic) bond motifs is 1. The van der Waals surface area contributed by atoms with Crippen molar-refractivity contribution in [3.8, 4) is 6.07 Å². The van der Waals surface area contributed by atoms with Gasteiger partial charge in [-0.25, -0.2) is 9.37 Å². The minimum atomic E-state index is -1.36. The van der Waals surface area contributed by atoms with Gasteiger partial charge in [-0.2, -0.15) is 10.4 Å². The Bertz CT molecular complexity index is 1160. The van der Waals surface area contributed by atoms with E-state index >= 15 is 0 Å². The Kier molecular flexibility index (Phi) is 7.46. The van der Waals surface area contributed by atoms with Gasteiger partial charge < -0.3 is 5.11 Å². The maximum Gasteiger partial charge on any atom is 0.153 e. The number of rotatable bonds is 5. The molecule has 0 saturated heterocycles. The maximum atomic E-state index is 13.4. The summed E-state index contributed by atoms with van der Waals surface area (Å²) < 4.78 is 13.4. The van der Waals surface area contributed by atoms with Crippen LogP contribution in [0.2, 0.25) is 0 Å². The molecule has 154 valence electrons. The lowest BCUT2D eigenvalue weighted by Crippen LogP contribution is -2.32. The highest BCUT2D eigenvalue weighted by Crippen LogP contribution is 2.29. The standard InChI is InChI=1S/C21H16FN5O.2ClH/c22-17-5-3-16(4-6-17)21(28,11-20-24-13-25-27-20)10-18-7-2-15-9-14(12-23)1-8-19(15)26-18;;/h1-9,13,28H,10-11H2,(H,24,25,27);2*1H. The second-order valence-corrected chi connectivity index (χ2v) is 6.63. The Morgan fingerprint density at radius 3 is 2.47 bits per heavy atom. The molecule has 0 saturated carbocycles. The van der Waals surface area contributed by atoms with E-state index in [1.54, 1.807) is 30.3 Å². The third-order valence-corrected chi connectivity index (χ3v) is 4.65. The number of benzene rings is 2. The van der Waals surface area contributed by atoms with Gasteiger partial charge in [0.15, 0.2) is 5.82 Å². The fraction of sp³-hybridized carbons (Fsp3) is 0.143. The molecule has 9 heteroatoms. The van der Waals surface area contributed by atoms with Crippen molar-refractivity contribution in [3.05, 3.63) is 89.4 Å². The Morgan fingerprint density at radius 2 is 1.80 bits per heavy atom. The largest absolute Gasteiger partial charge is 0.384 e. The van der Waals surface area contributed by atoms with Crippen molar-refractivity contribution in [2.45, 2.75) is 18.4 Å². The van der Waals surface area contributed by atoms with Gasteiger partial charge in [0, 0.05) is 23.9 Å². The molecule has 0 aliphatic carbocycles. The number of pyridine rings is 1. The predicted octanol–water partition coefficient (Wildman–Crippen LogP) is 3.88. The van der Waals surface area contributed by atoms with Gasteiger partial charge in [0.25, 0.3) is 0 Å². The van der Waals surface area contributed by atoms with Gasteiger partial charge in [0.1, 0.15) is 17.7 Å². The summed E-state index contributed by atoms with van der Waals surface area (Å²) in [5.41, 5.74) is 1.16. The van der Waals surface area contributed by atoms with Gasteiger partial charge in [-0.15, -0.1) is 24.8 Å². The first kappa shape index (κ1) is 23.2. The van der Waals surface area contributed by atoms with E-state index < -0.39 is 5.60 Å². The lowest BCUT2D eigenvalue weighted by atomic mass is 9.85. The molecule has 2 heterocycles. The highest BCUT2D eigenvalue weighted by Gasteiger charge is 2.32. The summed E-state index contributed by atoms with van der Waals surface area (Å²) >= 11 is 0. The third kappa shape index (κ3) is 4.92. The van der Waals surface area contributed by atoms with E-state index in [9.17, 15) is 9.50 Å². The molecule has 1 unspecified atom stereocenters. The molecule has 0 amide bonds. The highest BCUT2D eigenvalue weighted by atomic mass is 35.5. The summed E-state index contributed by atoms with van der Waals surface area (Å²) in [7, 11) is 0. The number of nitriles is 1. The first-order valence-electron chi connectivity index (χ1n) is 8.69. The number of H-pyrrole nitrogens is 1. The molecule has 0 bridgehead atoms. The Balaban J connectivity index is 0.00000160. The van der Waals surface area contributed by atoms with Crippen LogP contribution in [0.3, 0.4) is 0 Å². The van der Waals surface area contributed by atoms with E-state index in [0.29, 0.717) is 22.6 Å². The Morgan fingerprint density at radius 1 is 1.03 bits per heavy atom. The number of aliphatic hydroxyl groups is 1. The van der Waals surface area contributed by atoms with Crippen LogP contribution in [0, 0.1) is 17.1 Å². The number of halogens is 3. The monoisotopic (exact) mass is 445 g/mol. The van der Waals surface area contributed by atoms with E-state index in [1.165, 1.54) is 18.5 Å². The molecule has 0 radical (unpaired) electrons. The quantitative estimate of drug-likeness (QED) is 0.485. The topological polar surface area (TPSA) is 98.5 Å². The van der Waals surface area contributed by atoms with Gasteiger partial charge in [-0.05, 0) is 42.0 Å². The van der Waals surface area contributed by atoms with E-state index in [1.807, 2.05) is 12.1 Å². The summed E-state index contributed by atoms with van der Waals surface area (Å²) in [6.45, 7) is 0. The van der Waals surface area contributed by atoms with Crippen molar-refractivity contribution in [1.29, 1.82) is 5.26 Å². The summed E-state index contributed by atoms with van der Waals surface area (Å²) in [6.07, 6.45) is 1.79. The fourth-order valence-electron chi connectivity index (χ4n) is 3.24. The Labute approximate surface area is 184 Å². The molecule has 2 N–H and O–H groups in total. The predicted molar refractivity (Wildman–Crippen MR) is 115 cm³/mol. The first-order chi connectivity index (χ1) is 13.6. The number of nitrogens with zero attached hydrogens (tertiary/aromatic N) is 4. The zero-order valence-corrected chi connectivity index (χ0v) is 17.3. The van der Waals surface area contributed by atoms with Crippen LogP contribution in [0.4, 0.5) is 4.39 Å². The van der Waals surface area contributed by atoms with Crippen LogP contribution < -0.4 is 0 Å². The summed E-state index contributed by atoms with van der Waals surface area (Å²) in [5, 5.41) is 28.0. The number of aromatic amines is 1. The molecule has 4 rings (SSSR count). The average molecular weight is 446 g/mol. The van der Waals surface area contributed by atoms with E-state index in [-0.39, 0.29) is 43.5 Å². The number of hydrogen-bond acceptors (Lipinski definition) is 5. The van der Waals surface area contributed by atoms with Crippen LogP contribution in [0.15, 0.2) is 60.9 Å². The van der Waals surface area contributed by atoms with E-state index in [4.69, 9.17) is 5.26 Å². The van der Waals surface area contributed by atoms with Crippen molar-refractivity contribution >= 4 is 35.7 Å². The van der Waals surface area contributed by atoms with Crippen LogP contribution in [-0.4, -0.2) is 25.3 Å². The molecular formula is C21H18Cl2FN5O. The molecular weight excluding hydrogens is 428 g/mol. The van der Waals surface area contributed by atoms with E-state index in [2.05, 4.69) is 26.2 Å². The van der Waals surface area contributed by atoms with Gasteiger partial charge >= 0.3 is 0 Å². The van der Waals surface area contributed by atoms with Gasteiger partial charge in [0.05, 0.1) is 17.1 Å².